The van der Waals surface area contributed by atoms with Crippen molar-refractivity contribution in [3.05, 3.63) is 57.4 Å². The highest BCUT2D eigenvalue weighted by molar-refractivity contribution is 5.55. The number of hydrogen-bond acceptors (Lipinski definition) is 5. The lowest BCUT2D eigenvalue weighted by Gasteiger charge is -2.38. The van der Waals surface area contributed by atoms with Crippen LogP contribution in [0.1, 0.15) is 103 Å². The van der Waals surface area contributed by atoms with Crippen molar-refractivity contribution in [2.24, 2.45) is 5.41 Å². The van der Waals surface area contributed by atoms with E-state index >= 15 is 0 Å². The molecule has 1 saturated heterocycles. The predicted molar refractivity (Wildman–Crippen MR) is 126 cm³/mol. The molecule has 36 heavy (non-hydrogen) atoms. The van der Waals surface area contributed by atoms with Gasteiger partial charge in [-0.25, -0.2) is 0 Å². The van der Waals surface area contributed by atoms with Crippen LogP contribution in [0.15, 0.2) is 18.2 Å². The first-order valence-corrected chi connectivity index (χ1v) is 12.8. The van der Waals surface area contributed by atoms with Crippen LogP contribution in [-0.2, 0) is 27.7 Å². The van der Waals surface area contributed by atoms with Crippen LogP contribution in [0.4, 0.5) is 13.2 Å². The molecule has 5 nitrogen and oxygen atoms in total. The molecule has 194 valence electrons. The minimum atomic E-state index is -4.52. The van der Waals surface area contributed by atoms with E-state index < -0.39 is 29.5 Å². The van der Waals surface area contributed by atoms with Crippen molar-refractivity contribution in [3.63, 3.8) is 0 Å². The minimum absolute atomic E-state index is 0.0794. The summed E-state index contributed by atoms with van der Waals surface area (Å²) in [6, 6.07) is 3.99. The number of alkyl halides is 3. The summed E-state index contributed by atoms with van der Waals surface area (Å²) in [4.78, 5) is 5.14. The molecule has 3 heterocycles. The maximum Gasteiger partial charge on any atom is 0.419 e. The zero-order valence-electron chi connectivity index (χ0n) is 20.9. The monoisotopic (exact) mass is 503 g/mol. The number of rotatable bonds is 3. The zero-order chi connectivity index (χ0) is 25.5. The molecule has 0 amide bonds. The number of aliphatic hydroxyl groups is 1. The fourth-order valence-corrected chi connectivity index (χ4v) is 6.62. The number of ether oxygens (including phenoxy) is 3. The van der Waals surface area contributed by atoms with Gasteiger partial charge in [-0.1, -0.05) is 19.9 Å². The molecule has 4 aliphatic rings. The number of halogens is 3. The number of aromatic nitrogens is 1. The first kappa shape index (κ1) is 24.2. The number of aliphatic hydroxyl groups excluding tert-OH is 1. The Bertz CT molecular complexity index is 1200. The molecular weight excluding hydrogens is 471 g/mol. The second kappa shape index (κ2) is 8.17. The van der Waals surface area contributed by atoms with Crippen molar-refractivity contribution in [1.82, 2.24) is 4.98 Å². The smallest absolute Gasteiger partial charge is 0.419 e. The van der Waals surface area contributed by atoms with Gasteiger partial charge < -0.3 is 19.3 Å². The molecule has 2 aliphatic carbocycles. The van der Waals surface area contributed by atoms with E-state index in [1.165, 1.54) is 19.2 Å². The fraction of sp³-hybridized carbons (Fsp3) is 0.607. The number of benzene rings is 1. The van der Waals surface area contributed by atoms with Crippen LogP contribution in [-0.4, -0.2) is 30.4 Å². The van der Waals surface area contributed by atoms with Gasteiger partial charge >= 0.3 is 6.18 Å². The molecule has 1 unspecified atom stereocenters. The van der Waals surface area contributed by atoms with Crippen molar-refractivity contribution < 1.29 is 32.5 Å². The average Bonchev–Trinajstić information content (AvgIpc) is 3.50. The quantitative estimate of drug-likeness (QED) is 0.547. The summed E-state index contributed by atoms with van der Waals surface area (Å²) in [5, 5.41) is 11.4. The number of fused-ring (bicyclic) bond motifs is 4. The Hall–Kier alpha value is -2.16. The van der Waals surface area contributed by atoms with Crippen LogP contribution in [0.2, 0.25) is 0 Å². The SMILES string of the molecule is COc1cc([C@@H]2OC3(CCOCC3)c3c4c(nc(C(C)C)c32)CC2(CC2)CC4O)ccc1C(F)(F)F. The topological polar surface area (TPSA) is 60.8 Å². The Morgan fingerprint density at radius 1 is 1.11 bits per heavy atom. The molecule has 2 spiro atoms. The van der Waals surface area contributed by atoms with Gasteiger partial charge in [0.1, 0.15) is 11.9 Å². The molecule has 1 N–H and O–H groups in total. The zero-order valence-corrected chi connectivity index (χ0v) is 20.9. The molecule has 2 aromatic rings. The number of pyridine rings is 1. The average molecular weight is 504 g/mol. The number of methoxy groups -OCH3 is 1. The standard InChI is InChI=1S/C28H32F3NO4/c1-15(2)24-22-23(21-18(32-24)13-26(6-7-26)14-19(21)33)27(8-10-35-11-9-27)36-25(22)16-4-5-17(28(29,30)31)20(12-16)34-3/h4-5,12,15,19,25,33H,6-11,13-14H2,1-3H3/t19?,25-/m0/s1. The van der Waals surface area contributed by atoms with E-state index in [0.717, 1.165) is 59.8 Å². The fourth-order valence-electron chi connectivity index (χ4n) is 6.62. The molecule has 8 heteroatoms. The lowest BCUT2D eigenvalue weighted by molar-refractivity contribution is -0.139. The summed E-state index contributed by atoms with van der Waals surface area (Å²) in [5.41, 5.74) is 3.93. The molecule has 0 radical (unpaired) electrons. The summed E-state index contributed by atoms with van der Waals surface area (Å²) in [6.45, 7) is 5.22. The Morgan fingerprint density at radius 3 is 2.44 bits per heavy atom. The van der Waals surface area contributed by atoms with Crippen molar-refractivity contribution in [2.45, 2.75) is 82.3 Å². The lowest BCUT2D eigenvalue weighted by Crippen LogP contribution is -2.36. The molecule has 1 aromatic heterocycles. The Labute approximate surface area is 209 Å². The highest BCUT2D eigenvalue weighted by atomic mass is 19.4. The summed E-state index contributed by atoms with van der Waals surface area (Å²) < 4.78 is 58.5. The molecular formula is C28H32F3NO4. The largest absolute Gasteiger partial charge is 0.496 e. The second-order valence-corrected chi connectivity index (χ2v) is 11.3. The van der Waals surface area contributed by atoms with Gasteiger partial charge in [0.25, 0.3) is 0 Å². The van der Waals surface area contributed by atoms with Crippen LogP contribution in [0.3, 0.4) is 0 Å². The third-order valence-corrected chi connectivity index (χ3v) is 8.58. The van der Waals surface area contributed by atoms with E-state index in [4.69, 9.17) is 19.2 Å². The molecule has 2 aliphatic heterocycles. The van der Waals surface area contributed by atoms with E-state index in [1.807, 2.05) is 0 Å². The Morgan fingerprint density at radius 2 is 1.83 bits per heavy atom. The maximum atomic E-state index is 13.6. The highest BCUT2D eigenvalue weighted by Crippen LogP contribution is 2.62. The van der Waals surface area contributed by atoms with E-state index in [1.54, 1.807) is 0 Å². The van der Waals surface area contributed by atoms with E-state index in [9.17, 15) is 18.3 Å². The van der Waals surface area contributed by atoms with Gasteiger partial charge in [-0.3, -0.25) is 4.98 Å². The summed E-state index contributed by atoms with van der Waals surface area (Å²) in [5.74, 6) is -0.151. The van der Waals surface area contributed by atoms with Crippen LogP contribution in [0.25, 0.3) is 0 Å². The van der Waals surface area contributed by atoms with Crippen LogP contribution in [0.5, 0.6) is 5.75 Å². The van der Waals surface area contributed by atoms with Gasteiger partial charge in [0.05, 0.1) is 24.4 Å². The summed E-state index contributed by atoms with van der Waals surface area (Å²) in [6.07, 6.45) is -0.687. The molecule has 2 fully saturated rings. The lowest BCUT2D eigenvalue weighted by atomic mass is 9.73. The van der Waals surface area contributed by atoms with Crippen molar-refractivity contribution in [2.75, 3.05) is 20.3 Å². The van der Waals surface area contributed by atoms with E-state index in [2.05, 4.69) is 13.8 Å². The molecule has 1 aromatic carbocycles. The van der Waals surface area contributed by atoms with Crippen molar-refractivity contribution in [3.8, 4) is 5.75 Å². The first-order valence-electron chi connectivity index (χ1n) is 12.8. The predicted octanol–water partition coefficient (Wildman–Crippen LogP) is 6.12. The summed E-state index contributed by atoms with van der Waals surface area (Å²) in [7, 11) is 1.25. The summed E-state index contributed by atoms with van der Waals surface area (Å²) >= 11 is 0. The number of hydrogen-bond donors (Lipinski definition) is 1. The van der Waals surface area contributed by atoms with Gasteiger partial charge in [-0.15, -0.1) is 0 Å². The Kier molecular flexibility index (Phi) is 5.49. The first-order chi connectivity index (χ1) is 17.1. The molecule has 2 atom stereocenters. The highest BCUT2D eigenvalue weighted by Gasteiger charge is 2.55. The maximum absolute atomic E-state index is 13.6. The van der Waals surface area contributed by atoms with Gasteiger partial charge in [0.2, 0.25) is 0 Å². The van der Waals surface area contributed by atoms with Crippen LogP contribution < -0.4 is 4.74 Å². The van der Waals surface area contributed by atoms with Crippen molar-refractivity contribution >= 4 is 0 Å². The van der Waals surface area contributed by atoms with Crippen LogP contribution >= 0.6 is 0 Å². The second-order valence-electron chi connectivity index (χ2n) is 11.3. The third-order valence-electron chi connectivity index (χ3n) is 8.58. The molecule has 0 bridgehead atoms. The van der Waals surface area contributed by atoms with Gasteiger partial charge in [0, 0.05) is 48.6 Å². The van der Waals surface area contributed by atoms with E-state index in [-0.39, 0.29) is 17.1 Å². The van der Waals surface area contributed by atoms with E-state index in [0.29, 0.717) is 31.6 Å². The minimum Gasteiger partial charge on any atom is -0.496 e. The van der Waals surface area contributed by atoms with Crippen LogP contribution in [0, 0.1) is 5.41 Å². The van der Waals surface area contributed by atoms with Gasteiger partial charge in [0.15, 0.2) is 0 Å². The number of nitrogens with zero attached hydrogens (tertiary/aromatic N) is 1. The third kappa shape index (κ3) is 3.67. The van der Waals surface area contributed by atoms with Gasteiger partial charge in [-0.05, 0) is 60.3 Å². The molecule has 1 saturated carbocycles. The normalized spacial score (nSPS) is 25.8. The molecule has 6 rings (SSSR count). The Balaban J connectivity index is 1.58. The van der Waals surface area contributed by atoms with Gasteiger partial charge in [-0.2, -0.15) is 13.2 Å². The van der Waals surface area contributed by atoms with Crippen molar-refractivity contribution in [1.29, 1.82) is 0 Å².